The molecule has 2 aromatic rings. The summed E-state index contributed by atoms with van der Waals surface area (Å²) in [6.45, 7) is -0.151. The van der Waals surface area contributed by atoms with Gasteiger partial charge in [-0.2, -0.15) is 10.5 Å². The second kappa shape index (κ2) is 9.37. The maximum atomic E-state index is 12.4. The van der Waals surface area contributed by atoms with Crippen molar-refractivity contribution in [2.75, 3.05) is 19.0 Å². The number of carbonyl (C=O) groups excluding carboxylic acids is 1. The molecule has 148 valence electrons. The monoisotopic (exact) mass is 412 g/mol. The molecule has 0 saturated heterocycles. The largest absolute Gasteiger partial charge is 0.493 e. The summed E-state index contributed by atoms with van der Waals surface area (Å²) in [5.74, 6) is 0.00835. The second-order valence-electron chi connectivity index (χ2n) is 5.55. The van der Waals surface area contributed by atoms with Crippen molar-refractivity contribution in [2.45, 2.75) is 4.90 Å². The van der Waals surface area contributed by atoms with Gasteiger partial charge in [-0.25, -0.2) is 13.6 Å². The fourth-order valence-electron chi connectivity index (χ4n) is 2.24. The molecule has 2 rings (SSSR count). The molecule has 0 bridgehead atoms. The standard InChI is InChI=1S/C19H16N4O5S/c1-27-18-11-13(2-7-17(18)28-9-8-20)10-14(12-21)19(24)23-15-3-5-16(6-4-15)29(22,25)26/h2-7,10-11H,9H2,1H3,(H,23,24)(H2,22,25,26)/b14-10+. The maximum Gasteiger partial charge on any atom is 0.266 e. The highest BCUT2D eigenvalue weighted by Crippen LogP contribution is 2.29. The molecule has 0 aliphatic rings. The summed E-state index contributed by atoms with van der Waals surface area (Å²) in [5.41, 5.74) is 0.608. The number of nitrogens with zero attached hydrogens (tertiary/aromatic N) is 2. The summed E-state index contributed by atoms with van der Waals surface area (Å²) >= 11 is 0. The number of sulfonamides is 1. The molecular weight excluding hydrogens is 396 g/mol. The highest BCUT2D eigenvalue weighted by molar-refractivity contribution is 7.89. The molecule has 1 amide bonds. The van der Waals surface area contributed by atoms with Crippen LogP contribution in [-0.4, -0.2) is 28.0 Å². The molecule has 0 unspecified atom stereocenters. The first-order valence-electron chi connectivity index (χ1n) is 8.02. The molecule has 0 aliphatic carbocycles. The van der Waals surface area contributed by atoms with Crippen LogP contribution in [0.15, 0.2) is 52.9 Å². The number of anilines is 1. The number of hydrogen-bond acceptors (Lipinski definition) is 7. The van der Waals surface area contributed by atoms with Gasteiger partial charge in [0.05, 0.1) is 12.0 Å². The number of methoxy groups -OCH3 is 1. The van der Waals surface area contributed by atoms with E-state index in [0.29, 0.717) is 22.7 Å². The third kappa shape index (κ3) is 5.81. The Balaban J connectivity index is 2.22. The van der Waals surface area contributed by atoms with Gasteiger partial charge in [0.1, 0.15) is 17.7 Å². The zero-order valence-corrected chi connectivity index (χ0v) is 16.1. The molecule has 0 saturated carbocycles. The lowest BCUT2D eigenvalue weighted by atomic mass is 10.1. The summed E-state index contributed by atoms with van der Waals surface area (Å²) in [6.07, 6.45) is 1.35. The Morgan fingerprint density at radius 2 is 1.86 bits per heavy atom. The normalized spacial score (nSPS) is 11.1. The van der Waals surface area contributed by atoms with Crippen LogP contribution in [0.25, 0.3) is 6.08 Å². The van der Waals surface area contributed by atoms with Gasteiger partial charge in [0, 0.05) is 5.69 Å². The van der Waals surface area contributed by atoms with Crippen molar-refractivity contribution < 1.29 is 22.7 Å². The number of carbonyl (C=O) groups is 1. The predicted octanol–water partition coefficient (Wildman–Crippen LogP) is 1.79. The first-order valence-corrected chi connectivity index (χ1v) is 9.57. The average Bonchev–Trinajstić information content (AvgIpc) is 2.70. The van der Waals surface area contributed by atoms with E-state index in [-0.39, 0.29) is 17.1 Å². The second-order valence-corrected chi connectivity index (χ2v) is 7.11. The van der Waals surface area contributed by atoms with Gasteiger partial charge < -0.3 is 14.8 Å². The minimum absolute atomic E-state index is 0.0997. The van der Waals surface area contributed by atoms with E-state index in [4.69, 9.17) is 19.9 Å². The molecule has 0 spiro atoms. The third-order valence-corrected chi connectivity index (χ3v) is 4.53. The Morgan fingerprint density at radius 3 is 2.41 bits per heavy atom. The average molecular weight is 412 g/mol. The quantitative estimate of drug-likeness (QED) is 0.519. The molecule has 2 aromatic carbocycles. The van der Waals surface area contributed by atoms with E-state index >= 15 is 0 Å². The number of nitriles is 2. The summed E-state index contributed by atoms with van der Waals surface area (Å²) in [4.78, 5) is 12.3. The first kappa shape index (κ1) is 21.4. The number of benzene rings is 2. The summed E-state index contributed by atoms with van der Waals surface area (Å²) in [5, 5.41) is 25.4. The summed E-state index contributed by atoms with van der Waals surface area (Å²) in [6, 6.07) is 13.6. The summed E-state index contributed by atoms with van der Waals surface area (Å²) in [7, 11) is -2.42. The van der Waals surface area contributed by atoms with Crippen LogP contribution in [0.2, 0.25) is 0 Å². The minimum Gasteiger partial charge on any atom is -0.493 e. The fourth-order valence-corrected chi connectivity index (χ4v) is 2.76. The van der Waals surface area contributed by atoms with E-state index in [9.17, 15) is 18.5 Å². The lowest BCUT2D eigenvalue weighted by Crippen LogP contribution is -2.14. The molecule has 0 atom stereocenters. The van der Waals surface area contributed by atoms with Crippen molar-refractivity contribution >= 4 is 27.7 Å². The van der Waals surface area contributed by atoms with Gasteiger partial charge in [-0.05, 0) is 48.0 Å². The zero-order chi connectivity index (χ0) is 21.4. The van der Waals surface area contributed by atoms with Gasteiger partial charge in [-0.15, -0.1) is 0 Å². The van der Waals surface area contributed by atoms with Crippen molar-refractivity contribution in [1.82, 2.24) is 0 Å². The number of rotatable bonds is 7. The molecule has 0 aromatic heterocycles. The van der Waals surface area contributed by atoms with Crippen molar-refractivity contribution in [3.8, 4) is 23.6 Å². The fraction of sp³-hybridized carbons (Fsp3) is 0.105. The van der Waals surface area contributed by atoms with Crippen LogP contribution in [-0.2, 0) is 14.8 Å². The Kier molecular flexibility index (Phi) is 6.93. The molecule has 0 radical (unpaired) electrons. The number of amides is 1. The van der Waals surface area contributed by atoms with Gasteiger partial charge in [0.15, 0.2) is 18.1 Å². The molecule has 9 nitrogen and oxygen atoms in total. The molecule has 29 heavy (non-hydrogen) atoms. The first-order chi connectivity index (χ1) is 13.8. The summed E-state index contributed by atoms with van der Waals surface area (Å²) < 4.78 is 32.9. The molecule has 3 N–H and O–H groups in total. The van der Waals surface area contributed by atoms with E-state index in [2.05, 4.69) is 5.32 Å². The topological polar surface area (TPSA) is 155 Å². The van der Waals surface area contributed by atoms with Crippen LogP contribution >= 0.6 is 0 Å². The highest BCUT2D eigenvalue weighted by Gasteiger charge is 2.12. The van der Waals surface area contributed by atoms with Crippen molar-refractivity contribution in [3.05, 3.63) is 53.6 Å². The molecule has 0 fully saturated rings. The van der Waals surface area contributed by atoms with Gasteiger partial charge in [-0.3, -0.25) is 4.79 Å². The number of ether oxygens (including phenoxy) is 2. The Bertz CT molecular complexity index is 1130. The van der Waals surface area contributed by atoms with E-state index in [0.717, 1.165) is 0 Å². The molecule has 0 heterocycles. The van der Waals surface area contributed by atoms with Crippen LogP contribution in [0.5, 0.6) is 11.5 Å². The van der Waals surface area contributed by atoms with E-state index in [1.165, 1.54) is 37.5 Å². The van der Waals surface area contributed by atoms with Gasteiger partial charge in [-0.1, -0.05) is 6.07 Å². The Morgan fingerprint density at radius 1 is 1.17 bits per heavy atom. The smallest absolute Gasteiger partial charge is 0.266 e. The van der Waals surface area contributed by atoms with Crippen molar-refractivity contribution in [2.24, 2.45) is 5.14 Å². The van der Waals surface area contributed by atoms with Crippen LogP contribution < -0.4 is 19.9 Å². The van der Waals surface area contributed by atoms with Crippen LogP contribution in [0.3, 0.4) is 0 Å². The lowest BCUT2D eigenvalue weighted by molar-refractivity contribution is -0.112. The molecule has 0 aliphatic heterocycles. The number of hydrogen-bond donors (Lipinski definition) is 2. The predicted molar refractivity (Wildman–Crippen MR) is 104 cm³/mol. The number of nitrogens with one attached hydrogen (secondary N) is 1. The van der Waals surface area contributed by atoms with Crippen LogP contribution in [0.4, 0.5) is 5.69 Å². The maximum absolute atomic E-state index is 12.4. The highest BCUT2D eigenvalue weighted by atomic mass is 32.2. The Hall–Kier alpha value is -3.86. The van der Waals surface area contributed by atoms with E-state index in [1.54, 1.807) is 18.2 Å². The minimum atomic E-state index is -3.84. The lowest BCUT2D eigenvalue weighted by Gasteiger charge is -2.09. The van der Waals surface area contributed by atoms with Gasteiger partial charge in [0.25, 0.3) is 5.91 Å². The molecular formula is C19H16N4O5S. The Labute approximate surface area is 167 Å². The third-order valence-electron chi connectivity index (χ3n) is 3.60. The SMILES string of the molecule is COc1cc(/C=C(\C#N)C(=O)Nc2ccc(S(N)(=O)=O)cc2)ccc1OCC#N. The van der Waals surface area contributed by atoms with Gasteiger partial charge >= 0.3 is 0 Å². The number of nitrogens with two attached hydrogens (primary N) is 1. The van der Waals surface area contributed by atoms with Crippen molar-refractivity contribution in [3.63, 3.8) is 0 Å². The van der Waals surface area contributed by atoms with Crippen LogP contribution in [0, 0.1) is 22.7 Å². The molecule has 10 heteroatoms. The number of primary sulfonamides is 1. The van der Waals surface area contributed by atoms with Crippen molar-refractivity contribution in [1.29, 1.82) is 10.5 Å². The van der Waals surface area contributed by atoms with Crippen LogP contribution in [0.1, 0.15) is 5.56 Å². The van der Waals surface area contributed by atoms with Gasteiger partial charge in [0.2, 0.25) is 10.0 Å². The zero-order valence-electron chi connectivity index (χ0n) is 15.2. The van der Waals surface area contributed by atoms with E-state index < -0.39 is 15.9 Å². The van der Waals surface area contributed by atoms with E-state index in [1.807, 2.05) is 12.1 Å².